The molecule has 0 bridgehead atoms. The highest BCUT2D eigenvalue weighted by Crippen LogP contribution is 2.26. The summed E-state index contributed by atoms with van der Waals surface area (Å²) in [5.41, 5.74) is 0.139. The Balaban J connectivity index is 2.15. The topological polar surface area (TPSA) is 102 Å². The third kappa shape index (κ3) is 3.59. The van der Waals surface area contributed by atoms with Crippen molar-refractivity contribution in [3.63, 3.8) is 0 Å². The molecule has 0 saturated carbocycles. The van der Waals surface area contributed by atoms with Crippen molar-refractivity contribution in [2.45, 2.75) is 33.6 Å². The van der Waals surface area contributed by atoms with Crippen LogP contribution in [0.4, 0.5) is 0 Å². The summed E-state index contributed by atoms with van der Waals surface area (Å²) in [5.74, 6) is 0.570. The van der Waals surface area contributed by atoms with Crippen molar-refractivity contribution in [2.24, 2.45) is 5.41 Å². The van der Waals surface area contributed by atoms with E-state index in [0.717, 1.165) is 0 Å². The molecule has 2 rings (SSSR count). The molecule has 0 atom stereocenters. The fourth-order valence-corrected chi connectivity index (χ4v) is 1.89. The van der Waals surface area contributed by atoms with E-state index in [-0.39, 0.29) is 6.42 Å². The lowest BCUT2D eigenvalue weighted by Crippen LogP contribution is -2.19. The Labute approximate surface area is 116 Å². The second kappa shape index (κ2) is 5.36. The van der Waals surface area contributed by atoms with Gasteiger partial charge in [0.15, 0.2) is 0 Å². The second-order valence-corrected chi connectivity index (χ2v) is 5.41. The van der Waals surface area contributed by atoms with E-state index < -0.39 is 11.4 Å². The van der Waals surface area contributed by atoms with Crippen molar-refractivity contribution in [1.82, 2.24) is 20.1 Å². The van der Waals surface area contributed by atoms with Crippen molar-refractivity contribution in [3.05, 3.63) is 24.0 Å². The van der Waals surface area contributed by atoms with Gasteiger partial charge in [0.2, 0.25) is 11.7 Å². The number of carbonyl (C=O) groups is 1. The Morgan fingerprint density at radius 3 is 2.80 bits per heavy atom. The van der Waals surface area contributed by atoms with Gasteiger partial charge in [0.05, 0.1) is 6.42 Å². The minimum absolute atomic E-state index is 0.0390. The van der Waals surface area contributed by atoms with Crippen LogP contribution >= 0.6 is 0 Å². The molecule has 0 unspecified atom stereocenters. The summed E-state index contributed by atoms with van der Waals surface area (Å²) in [4.78, 5) is 23.3. The van der Waals surface area contributed by atoms with Crippen LogP contribution in [0.1, 0.15) is 32.0 Å². The van der Waals surface area contributed by atoms with Gasteiger partial charge in [0, 0.05) is 12.6 Å². The van der Waals surface area contributed by atoms with Crippen LogP contribution in [-0.2, 0) is 11.2 Å². The fourth-order valence-electron chi connectivity index (χ4n) is 1.89. The molecule has 0 fully saturated rings. The van der Waals surface area contributed by atoms with Gasteiger partial charge in [-0.25, -0.2) is 9.97 Å². The second-order valence-electron chi connectivity index (χ2n) is 5.41. The SMILES string of the molecule is Cc1nccc(-c2noc(CC(C)(C)CC(=O)O)n2)n1. The number of aryl methyl sites for hydroxylation is 1. The van der Waals surface area contributed by atoms with E-state index >= 15 is 0 Å². The molecule has 106 valence electrons. The van der Waals surface area contributed by atoms with Gasteiger partial charge in [-0.3, -0.25) is 4.79 Å². The van der Waals surface area contributed by atoms with Crippen LogP contribution in [0.3, 0.4) is 0 Å². The van der Waals surface area contributed by atoms with Crippen LogP contribution in [0.2, 0.25) is 0 Å². The summed E-state index contributed by atoms with van der Waals surface area (Å²) >= 11 is 0. The smallest absolute Gasteiger partial charge is 0.303 e. The Bertz CT molecular complexity index is 622. The Hall–Kier alpha value is -2.31. The van der Waals surface area contributed by atoms with Gasteiger partial charge in [-0.1, -0.05) is 19.0 Å². The first-order valence-corrected chi connectivity index (χ1v) is 6.20. The zero-order chi connectivity index (χ0) is 14.8. The lowest BCUT2D eigenvalue weighted by Gasteiger charge is -2.19. The minimum atomic E-state index is -0.846. The van der Waals surface area contributed by atoms with Crippen molar-refractivity contribution in [3.8, 4) is 11.5 Å². The monoisotopic (exact) mass is 276 g/mol. The van der Waals surface area contributed by atoms with Gasteiger partial charge in [-0.05, 0) is 18.4 Å². The van der Waals surface area contributed by atoms with Crippen LogP contribution < -0.4 is 0 Å². The highest BCUT2D eigenvalue weighted by Gasteiger charge is 2.25. The first-order valence-electron chi connectivity index (χ1n) is 6.20. The summed E-state index contributed by atoms with van der Waals surface area (Å²) in [6.45, 7) is 5.47. The summed E-state index contributed by atoms with van der Waals surface area (Å²) in [5, 5.41) is 12.7. The molecule has 0 saturated heterocycles. The molecule has 2 aromatic rings. The molecule has 1 N–H and O–H groups in total. The molecule has 0 amide bonds. The number of hydrogen-bond acceptors (Lipinski definition) is 6. The summed E-state index contributed by atoms with van der Waals surface area (Å²) in [6.07, 6.45) is 2.07. The van der Waals surface area contributed by atoms with Crippen LogP contribution in [0.5, 0.6) is 0 Å². The highest BCUT2D eigenvalue weighted by atomic mass is 16.5. The molecular weight excluding hydrogens is 260 g/mol. The van der Waals surface area contributed by atoms with Gasteiger partial charge < -0.3 is 9.63 Å². The van der Waals surface area contributed by atoms with Gasteiger partial charge in [-0.2, -0.15) is 4.98 Å². The molecule has 0 spiro atoms. The molecule has 0 aliphatic carbocycles. The van der Waals surface area contributed by atoms with E-state index in [0.29, 0.717) is 29.7 Å². The first kappa shape index (κ1) is 14.1. The van der Waals surface area contributed by atoms with Crippen molar-refractivity contribution < 1.29 is 14.4 Å². The fraction of sp³-hybridized carbons (Fsp3) is 0.462. The number of carboxylic acid groups (broad SMARTS) is 1. The predicted molar refractivity (Wildman–Crippen MR) is 69.8 cm³/mol. The number of rotatable bonds is 5. The van der Waals surface area contributed by atoms with Gasteiger partial charge >= 0.3 is 5.97 Å². The standard InChI is InChI=1S/C13H16N4O3/c1-8-14-5-4-9(15-8)12-16-10(20-17-12)6-13(2,3)7-11(18)19/h4-5H,6-7H2,1-3H3,(H,18,19). The van der Waals surface area contributed by atoms with Crippen molar-refractivity contribution in [1.29, 1.82) is 0 Å². The number of nitrogens with zero attached hydrogens (tertiary/aromatic N) is 4. The normalized spacial score (nSPS) is 11.6. The third-order valence-corrected chi connectivity index (χ3v) is 2.73. The molecule has 0 aromatic carbocycles. The van der Waals surface area contributed by atoms with E-state index in [4.69, 9.17) is 9.63 Å². The molecule has 0 aliphatic rings. The molecule has 0 aliphatic heterocycles. The van der Waals surface area contributed by atoms with Gasteiger partial charge in [0.1, 0.15) is 11.5 Å². The molecule has 0 radical (unpaired) electrons. The average Bonchev–Trinajstić information content (AvgIpc) is 2.74. The zero-order valence-corrected chi connectivity index (χ0v) is 11.6. The molecule has 7 nitrogen and oxygen atoms in total. The first-order chi connectivity index (χ1) is 9.35. The van der Waals surface area contributed by atoms with Crippen LogP contribution in [0.25, 0.3) is 11.5 Å². The maximum absolute atomic E-state index is 10.8. The largest absolute Gasteiger partial charge is 0.481 e. The van der Waals surface area contributed by atoms with Crippen LogP contribution in [0.15, 0.2) is 16.8 Å². The lowest BCUT2D eigenvalue weighted by molar-refractivity contribution is -0.139. The summed E-state index contributed by atoms with van der Waals surface area (Å²) < 4.78 is 5.16. The molecule has 7 heteroatoms. The van der Waals surface area contributed by atoms with E-state index in [1.54, 1.807) is 19.2 Å². The third-order valence-electron chi connectivity index (χ3n) is 2.73. The maximum atomic E-state index is 10.8. The van der Waals surface area contributed by atoms with Gasteiger partial charge in [0.25, 0.3) is 0 Å². The predicted octanol–water partition coefficient (Wildman–Crippen LogP) is 1.88. The molecule has 2 heterocycles. The maximum Gasteiger partial charge on any atom is 0.303 e. The van der Waals surface area contributed by atoms with Crippen molar-refractivity contribution >= 4 is 5.97 Å². The Kier molecular flexibility index (Phi) is 3.78. The Morgan fingerprint density at radius 1 is 1.40 bits per heavy atom. The van der Waals surface area contributed by atoms with Crippen LogP contribution in [0, 0.1) is 12.3 Å². The Morgan fingerprint density at radius 2 is 2.15 bits per heavy atom. The quantitative estimate of drug-likeness (QED) is 0.889. The van der Waals surface area contributed by atoms with Crippen molar-refractivity contribution in [2.75, 3.05) is 0 Å². The zero-order valence-electron chi connectivity index (χ0n) is 11.6. The van der Waals surface area contributed by atoms with Crippen LogP contribution in [-0.4, -0.2) is 31.2 Å². The van der Waals surface area contributed by atoms with Gasteiger partial charge in [-0.15, -0.1) is 0 Å². The summed E-state index contributed by atoms with van der Waals surface area (Å²) in [7, 11) is 0. The number of carboxylic acids is 1. The van der Waals surface area contributed by atoms with E-state index in [2.05, 4.69) is 20.1 Å². The average molecular weight is 276 g/mol. The number of aliphatic carboxylic acids is 1. The lowest BCUT2D eigenvalue weighted by atomic mass is 9.86. The highest BCUT2D eigenvalue weighted by molar-refractivity contribution is 5.67. The summed E-state index contributed by atoms with van der Waals surface area (Å²) in [6, 6.07) is 1.70. The minimum Gasteiger partial charge on any atom is -0.481 e. The van der Waals surface area contributed by atoms with E-state index in [1.807, 2.05) is 13.8 Å². The number of aromatic nitrogens is 4. The number of hydrogen-bond donors (Lipinski definition) is 1. The van der Waals surface area contributed by atoms with E-state index in [9.17, 15) is 4.79 Å². The van der Waals surface area contributed by atoms with E-state index in [1.165, 1.54) is 0 Å². The molecule has 20 heavy (non-hydrogen) atoms. The molecular formula is C13H16N4O3. The molecule has 2 aromatic heterocycles.